The molecule has 2 N–H and O–H groups in total. The van der Waals surface area contributed by atoms with Gasteiger partial charge < -0.3 is 15.2 Å². The summed E-state index contributed by atoms with van der Waals surface area (Å²) in [7, 11) is 0. The number of amides is 1. The molecule has 7 nitrogen and oxygen atoms in total. The van der Waals surface area contributed by atoms with E-state index in [1.54, 1.807) is 32.9 Å². The van der Waals surface area contributed by atoms with Crippen LogP contribution in [0.3, 0.4) is 0 Å². The van der Waals surface area contributed by atoms with Crippen molar-refractivity contribution >= 4 is 11.8 Å². The number of ether oxygens (including phenoxy) is 1. The summed E-state index contributed by atoms with van der Waals surface area (Å²) in [5.74, 6) is -0.218. The van der Waals surface area contributed by atoms with E-state index >= 15 is 0 Å². The van der Waals surface area contributed by atoms with Gasteiger partial charge in [-0.3, -0.25) is 10.1 Å². The van der Waals surface area contributed by atoms with Crippen molar-refractivity contribution in [1.82, 2.24) is 5.32 Å². The minimum absolute atomic E-state index is 0.0248. The molecule has 1 rings (SSSR count). The van der Waals surface area contributed by atoms with Crippen LogP contribution < -0.4 is 5.32 Å². The number of carbonyl (C=O) groups is 1. The first kappa shape index (κ1) is 17.5. The SMILES string of the molecule is C=C(O)[C@H](Cc1ccc([N+](=O)[O-])cc1)NC(=O)OC(C)(C)C. The highest BCUT2D eigenvalue weighted by molar-refractivity contribution is 5.68. The summed E-state index contributed by atoms with van der Waals surface area (Å²) in [6, 6.07) is 5.10. The number of benzene rings is 1. The predicted molar refractivity (Wildman–Crippen MR) is 81.7 cm³/mol. The van der Waals surface area contributed by atoms with Crippen molar-refractivity contribution in [3.8, 4) is 0 Å². The molecule has 22 heavy (non-hydrogen) atoms. The van der Waals surface area contributed by atoms with Gasteiger partial charge in [-0.2, -0.15) is 0 Å². The second-order valence-electron chi connectivity index (χ2n) is 5.82. The Balaban J connectivity index is 2.74. The van der Waals surface area contributed by atoms with Gasteiger partial charge in [-0.15, -0.1) is 0 Å². The summed E-state index contributed by atoms with van der Waals surface area (Å²) >= 11 is 0. The lowest BCUT2D eigenvalue weighted by Gasteiger charge is -2.23. The molecule has 0 saturated carbocycles. The molecular formula is C15H20N2O5. The lowest BCUT2D eigenvalue weighted by Crippen LogP contribution is -2.41. The van der Waals surface area contributed by atoms with Crippen molar-refractivity contribution in [2.45, 2.75) is 38.8 Å². The van der Waals surface area contributed by atoms with Crippen molar-refractivity contribution in [3.05, 3.63) is 52.3 Å². The Kier molecular flexibility index (Phi) is 5.50. The third-order valence-electron chi connectivity index (χ3n) is 2.68. The first-order chi connectivity index (χ1) is 10.1. The van der Waals surface area contributed by atoms with Crippen LogP contribution in [0, 0.1) is 10.1 Å². The van der Waals surface area contributed by atoms with E-state index in [1.165, 1.54) is 12.1 Å². The zero-order chi connectivity index (χ0) is 16.9. The molecule has 0 heterocycles. The molecule has 0 aliphatic rings. The van der Waals surface area contributed by atoms with E-state index in [0.29, 0.717) is 5.56 Å². The Morgan fingerprint density at radius 2 is 1.95 bits per heavy atom. The molecule has 0 fully saturated rings. The Morgan fingerprint density at radius 1 is 1.41 bits per heavy atom. The number of non-ortho nitro benzene ring substituents is 1. The van der Waals surface area contributed by atoms with Gasteiger partial charge in [-0.25, -0.2) is 4.79 Å². The molecule has 0 bridgehead atoms. The van der Waals surface area contributed by atoms with Crippen LogP contribution in [0.4, 0.5) is 10.5 Å². The van der Waals surface area contributed by atoms with E-state index in [-0.39, 0.29) is 17.9 Å². The highest BCUT2D eigenvalue weighted by Gasteiger charge is 2.21. The zero-order valence-electron chi connectivity index (χ0n) is 12.8. The van der Waals surface area contributed by atoms with E-state index in [2.05, 4.69) is 11.9 Å². The number of aliphatic hydroxyl groups excluding tert-OH is 1. The van der Waals surface area contributed by atoms with E-state index in [4.69, 9.17) is 4.74 Å². The van der Waals surface area contributed by atoms with Crippen molar-refractivity contribution < 1.29 is 19.6 Å². The molecule has 1 amide bonds. The van der Waals surface area contributed by atoms with Gasteiger partial charge in [-0.05, 0) is 32.8 Å². The lowest BCUT2D eigenvalue weighted by molar-refractivity contribution is -0.384. The molecule has 0 radical (unpaired) electrons. The smallest absolute Gasteiger partial charge is 0.408 e. The Bertz CT molecular complexity index is 560. The third-order valence-corrected chi connectivity index (χ3v) is 2.68. The van der Waals surface area contributed by atoms with Crippen molar-refractivity contribution in [2.24, 2.45) is 0 Å². The normalized spacial score (nSPS) is 12.3. The second kappa shape index (κ2) is 6.93. The van der Waals surface area contributed by atoms with Crippen LogP contribution >= 0.6 is 0 Å². The number of aliphatic hydroxyl groups is 1. The molecule has 1 atom stereocenters. The molecule has 0 unspecified atom stereocenters. The number of nitrogens with zero attached hydrogens (tertiary/aromatic N) is 1. The first-order valence-electron chi connectivity index (χ1n) is 6.69. The van der Waals surface area contributed by atoms with Gasteiger partial charge in [0.15, 0.2) is 0 Å². The van der Waals surface area contributed by atoms with Gasteiger partial charge in [0.05, 0.1) is 11.0 Å². The van der Waals surface area contributed by atoms with Crippen LogP contribution in [0.25, 0.3) is 0 Å². The minimum atomic E-state index is -0.740. The quantitative estimate of drug-likeness (QED) is 0.494. The average Bonchev–Trinajstić information content (AvgIpc) is 2.36. The van der Waals surface area contributed by atoms with E-state index in [9.17, 15) is 20.0 Å². The Morgan fingerprint density at radius 3 is 2.36 bits per heavy atom. The van der Waals surface area contributed by atoms with Crippen LogP contribution in [0.2, 0.25) is 0 Å². The fourth-order valence-corrected chi connectivity index (χ4v) is 1.69. The largest absolute Gasteiger partial charge is 0.511 e. The van der Waals surface area contributed by atoms with Crippen LogP contribution in [-0.2, 0) is 11.2 Å². The molecule has 0 aliphatic carbocycles. The number of carbonyl (C=O) groups excluding carboxylic acids is 1. The first-order valence-corrected chi connectivity index (χ1v) is 6.69. The fraction of sp³-hybridized carbons (Fsp3) is 0.400. The summed E-state index contributed by atoms with van der Waals surface area (Å²) in [5.41, 5.74) is 0.0313. The number of hydrogen-bond donors (Lipinski definition) is 2. The second-order valence-corrected chi connectivity index (χ2v) is 5.82. The Hall–Kier alpha value is -2.57. The third kappa shape index (κ3) is 5.82. The molecule has 1 aromatic carbocycles. The summed E-state index contributed by atoms with van der Waals surface area (Å²) in [5, 5.41) is 22.7. The van der Waals surface area contributed by atoms with Crippen LogP contribution in [0.1, 0.15) is 26.3 Å². The molecule has 0 saturated heterocycles. The number of nitrogens with one attached hydrogen (secondary N) is 1. The van der Waals surface area contributed by atoms with Crippen molar-refractivity contribution in [3.63, 3.8) is 0 Å². The van der Waals surface area contributed by atoms with Crippen molar-refractivity contribution in [2.75, 3.05) is 0 Å². The van der Waals surface area contributed by atoms with Gasteiger partial charge in [0.2, 0.25) is 0 Å². The minimum Gasteiger partial charge on any atom is -0.511 e. The molecule has 120 valence electrons. The molecule has 0 aliphatic heterocycles. The van der Waals surface area contributed by atoms with Crippen LogP contribution in [0.15, 0.2) is 36.6 Å². The summed E-state index contributed by atoms with van der Waals surface area (Å²) in [6.07, 6.45) is -0.429. The standard InChI is InChI=1S/C15H20N2O5/c1-10(18)13(16-14(19)22-15(2,3)4)9-11-5-7-12(8-6-11)17(20)21/h5-8,13,18H,1,9H2,2-4H3,(H,16,19)/t13-/m0/s1. The summed E-state index contributed by atoms with van der Waals surface area (Å²) in [6.45, 7) is 8.61. The number of hydrogen-bond acceptors (Lipinski definition) is 5. The maximum absolute atomic E-state index is 11.7. The molecular weight excluding hydrogens is 288 g/mol. The fourth-order valence-electron chi connectivity index (χ4n) is 1.69. The monoisotopic (exact) mass is 308 g/mol. The Labute approximate surface area is 128 Å². The number of nitro groups is 1. The van der Waals surface area contributed by atoms with E-state index < -0.39 is 22.7 Å². The number of nitro benzene ring substituents is 1. The van der Waals surface area contributed by atoms with E-state index in [1.807, 2.05) is 0 Å². The molecule has 1 aromatic rings. The van der Waals surface area contributed by atoms with E-state index in [0.717, 1.165) is 0 Å². The molecule has 7 heteroatoms. The van der Waals surface area contributed by atoms with Gasteiger partial charge in [0.25, 0.3) is 5.69 Å². The molecule has 0 aromatic heterocycles. The van der Waals surface area contributed by atoms with Crippen LogP contribution in [0.5, 0.6) is 0 Å². The topological polar surface area (TPSA) is 102 Å². The number of alkyl carbamates (subject to hydrolysis) is 1. The maximum atomic E-state index is 11.7. The van der Waals surface area contributed by atoms with Crippen LogP contribution in [-0.4, -0.2) is 27.8 Å². The highest BCUT2D eigenvalue weighted by atomic mass is 16.6. The zero-order valence-corrected chi connectivity index (χ0v) is 12.8. The van der Waals surface area contributed by atoms with Gasteiger partial charge in [0, 0.05) is 12.1 Å². The van der Waals surface area contributed by atoms with Crippen molar-refractivity contribution in [1.29, 1.82) is 0 Å². The van der Waals surface area contributed by atoms with Gasteiger partial charge >= 0.3 is 6.09 Å². The lowest BCUT2D eigenvalue weighted by atomic mass is 10.0. The predicted octanol–water partition coefficient (Wildman–Crippen LogP) is 3.10. The molecule has 0 spiro atoms. The number of rotatable bonds is 5. The maximum Gasteiger partial charge on any atom is 0.408 e. The summed E-state index contributed by atoms with van der Waals surface area (Å²) < 4.78 is 5.12. The average molecular weight is 308 g/mol. The van der Waals surface area contributed by atoms with Gasteiger partial charge in [-0.1, -0.05) is 18.7 Å². The van der Waals surface area contributed by atoms with Gasteiger partial charge in [0.1, 0.15) is 11.4 Å². The highest BCUT2D eigenvalue weighted by Crippen LogP contribution is 2.15. The summed E-state index contributed by atoms with van der Waals surface area (Å²) in [4.78, 5) is 21.8.